The second-order valence-electron chi connectivity index (χ2n) is 6.70. The lowest BCUT2D eigenvalue weighted by Gasteiger charge is -2.14. The SMILES string of the molecule is O=c1[nH]c(=O)n(C2CC(O)[C@@H](CO)O2)cc1C#Cc1cccc(-c2ccccn2)n1. The van der Waals surface area contributed by atoms with Crippen LogP contribution in [0.25, 0.3) is 11.4 Å². The highest BCUT2D eigenvalue weighted by Crippen LogP contribution is 2.27. The van der Waals surface area contributed by atoms with Crippen molar-refractivity contribution in [1.82, 2.24) is 19.5 Å². The predicted octanol–water partition coefficient (Wildman–Crippen LogP) is 0.0341. The van der Waals surface area contributed by atoms with E-state index in [2.05, 4.69) is 26.8 Å². The van der Waals surface area contributed by atoms with Crippen LogP contribution in [-0.2, 0) is 4.74 Å². The van der Waals surface area contributed by atoms with Gasteiger partial charge in [-0.15, -0.1) is 0 Å². The third-order valence-electron chi connectivity index (χ3n) is 4.66. The van der Waals surface area contributed by atoms with Crippen molar-refractivity contribution in [2.45, 2.75) is 24.9 Å². The number of nitrogens with one attached hydrogen (secondary N) is 1. The maximum Gasteiger partial charge on any atom is 0.330 e. The van der Waals surface area contributed by atoms with Gasteiger partial charge in [0, 0.05) is 18.8 Å². The van der Waals surface area contributed by atoms with Crippen molar-refractivity contribution in [2.75, 3.05) is 6.61 Å². The summed E-state index contributed by atoms with van der Waals surface area (Å²) in [6, 6.07) is 10.8. The van der Waals surface area contributed by atoms with Crippen molar-refractivity contribution in [3.05, 3.63) is 80.9 Å². The molecule has 0 radical (unpaired) electrons. The van der Waals surface area contributed by atoms with Crippen molar-refractivity contribution < 1.29 is 14.9 Å². The maximum absolute atomic E-state index is 12.2. The van der Waals surface area contributed by atoms with Gasteiger partial charge in [-0.1, -0.05) is 18.1 Å². The first-order valence-corrected chi connectivity index (χ1v) is 9.25. The molecule has 4 rings (SSSR count). The quantitative estimate of drug-likeness (QED) is 0.523. The molecule has 2 unspecified atom stereocenters. The molecule has 1 saturated heterocycles. The molecule has 0 amide bonds. The number of pyridine rings is 2. The number of aliphatic hydroxyl groups is 2. The van der Waals surface area contributed by atoms with Gasteiger partial charge in [0.2, 0.25) is 0 Å². The van der Waals surface area contributed by atoms with E-state index in [0.717, 1.165) is 4.57 Å². The number of H-pyrrole nitrogens is 1. The van der Waals surface area contributed by atoms with Crippen LogP contribution in [0.4, 0.5) is 0 Å². The summed E-state index contributed by atoms with van der Waals surface area (Å²) in [5.41, 5.74) is 0.499. The number of hydrogen-bond donors (Lipinski definition) is 3. The first-order chi connectivity index (χ1) is 14.5. The molecule has 3 atom stereocenters. The van der Waals surface area contributed by atoms with E-state index in [1.165, 1.54) is 6.20 Å². The number of nitrogens with zero attached hydrogens (tertiary/aromatic N) is 3. The summed E-state index contributed by atoms with van der Waals surface area (Å²) >= 11 is 0. The van der Waals surface area contributed by atoms with E-state index in [0.29, 0.717) is 17.1 Å². The van der Waals surface area contributed by atoms with Crippen LogP contribution in [-0.4, -0.2) is 48.5 Å². The van der Waals surface area contributed by atoms with E-state index in [4.69, 9.17) is 4.74 Å². The molecule has 1 aliphatic heterocycles. The zero-order valence-electron chi connectivity index (χ0n) is 15.7. The standard InChI is InChI=1S/C21H18N4O5/c26-12-18-17(27)10-19(30-18)25-11-13(20(28)24-21(25)29)7-8-14-4-3-6-16(23-14)15-5-1-2-9-22-15/h1-6,9,11,17-19,26-27H,10,12H2,(H,24,28,29)/t17?,18-,19?/m1/s1. The van der Waals surface area contributed by atoms with Gasteiger partial charge < -0.3 is 14.9 Å². The Labute approximate surface area is 170 Å². The fourth-order valence-electron chi connectivity index (χ4n) is 3.13. The molecule has 152 valence electrons. The summed E-state index contributed by atoms with van der Waals surface area (Å²) < 4.78 is 6.64. The summed E-state index contributed by atoms with van der Waals surface area (Å²) in [6.45, 7) is -0.374. The van der Waals surface area contributed by atoms with Crippen LogP contribution in [0.5, 0.6) is 0 Å². The topological polar surface area (TPSA) is 130 Å². The Morgan fingerprint density at radius 2 is 2.00 bits per heavy atom. The molecule has 9 heteroatoms. The van der Waals surface area contributed by atoms with Crippen LogP contribution < -0.4 is 11.2 Å². The average Bonchev–Trinajstić information content (AvgIpc) is 3.14. The van der Waals surface area contributed by atoms with Crippen molar-refractivity contribution >= 4 is 0 Å². The van der Waals surface area contributed by atoms with Gasteiger partial charge in [0.05, 0.1) is 24.1 Å². The van der Waals surface area contributed by atoms with Crippen molar-refractivity contribution in [2.24, 2.45) is 0 Å². The number of ether oxygens (including phenoxy) is 1. The van der Waals surface area contributed by atoms with Gasteiger partial charge in [-0.3, -0.25) is 19.3 Å². The van der Waals surface area contributed by atoms with E-state index in [1.807, 2.05) is 18.2 Å². The molecule has 0 aromatic carbocycles. The molecule has 0 aliphatic carbocycles. The van der Waals surface area contributed by atoms with Crippen LogP contribution in [0.2, 0.25) is 0 Å². The molecule has 3 aromatic rings. The highest BCUT2D eigenvalue weighted by molar-refractivity contribution is 5.55. The molecular weight excluding hydrogens is 388 g/mol. The first kappa shape index (κ1) is 19.7. The van der Waals surface area contributed by atoms with Gasteiger partial charge in [0.25, 0.3) is 5.56 Å². The van der Waals surface area contributed by atoms with Crippen LogP contribution >= 0.6 is 0 Å². The van der Waals surface area contributed by atoms with Gasteiger partial charge in [-0.25, -0.2) is 9.78 Å². The van der Waals surface area contributed by atoms with Crippen molar-refractivity contribution in [3.8, 4) is 23.2 Å². The normalized spacial score (nSPS) is 20.5. The third kappa shape index (κ3) is 4.06. The Morgan fingerprint density at radius 3 is 2.73 bits per heavy atom. The molecule has 3 N–H and O–H groups in total. The Morgan fingerprint density at radius 1 is 1.17 bits per heavy atom. The summed E-state index contributed by atoms with van der Waals surface area (Å²) in [5.74, 6) is 5.56. The van der Waals surface area contributed by atoms with Crippen LogP contribution in [0.15, 0.2) is 58.4 Å². The van der Waals surface area contributed by atoms with E-state index in [-0.39, 0.29) is 18.6 Å². The summed E-state index contributed by atoms with van der Waals surface area (Å²) in [6.07, 6.45) is 0.550. The molecule has 1 fully saturated rings. The predicted molar refractivity (Wildman–Crippen MR) is 106 cm³/mol. The number of aromatic amines is 1. The number of aromatic nitrogens is 4. The lowest BCUT2D eigenvalue weighted by Crippen LogP contribution is -2.33. The number of hydrogen-bond acceptors (Lipinski definition) is 7. The van der Waals surface area contributed by atoms with Gasteiger partial charge >= 0.3 is 5.69 Å². The Balaban J connectivity index is 1.65. The molecule has 0 spiro atoms. The summed E-state index contributed by atoms with van der Waals surface area (Å²) in [7, 11) is 0. The lowest BCUT2D eigenvalue weighted by molar-refractivity contribution is -0.0459. The Hall–Kier alpha value is -3.58. The molecule has 0 saturated carbocycles. The Kier molecular flexibility index (Phi) is 5.54. The first-order valence-electron chi connectivity index (χ1n) is 9.25. The average molecular weight is 406 g/mol. The summed E-state index contributed by atoms with van der Waals surface area (Å²) in [5, 5.41) is 19.1. The van der Waals surface area contributed by atoms with Crippen LogP contribution in [0, 0.1) is 11.8 Å². The molecule has 1 aliphatic rings. The minimum atomic E-state index is -0.910. The van der Waals surface area contributed by atoms with Crippen molar-refractivity contribution in [1.29, 1.82) is 0 Å². The second kappa shape index (κ2) is 8.42. The minimum Gasteiger partial charge on any atom is -0.394 e. The zero-order chi connectivity index (χ0) is 21.1. The van der Waals surface area contributed by atoms with Gasteiger partial charge in [-0.2, -0.15) is 0 Å². The molecule has 3 aromatic heterocycles. The molecule has 0 bridgehead atoms. The number of rotatable bonds is 3. The van der Waals surface area contributed by atoms with Gasteiger partial charge in [0.15, 0.2) is 0 Å². The largest absolute Gasteiger partial charge is 0.394 e. The van der Waals surface area contributed by atoms with E-state index < -0.39 is 29.7 Å². The molecule has 4 heterocycles. The van der Waals surface area contributed by atoms with Gasteiger partial charge in [0.1, 0.15) is 23.6 Å². The molecular formula is C21H18N4O5. The van der Waals surface area contributed by atoms with Crippen molar-refractivity contribution in [3.63, 3.8) is 0 Å². The van der Waals surface area contributed by atoms with Crippen LogP contribution in [0.3, 0.4) is 0 Å². The highest BCUT2D eigenvalue weighted by atomic mass is 16.5. The van der Waals surface area contributed by atoms with E-state index in [1.54, 1.807) is 24.4 Å². The fourth-order valence-corrected chi connectivity index (χ4v) is 3.13. The molecule has 30 heavy (non-hydrogen) atoms. The van der Waals surface area contributed by atoms with E-state index in [9.17, 15) is 19.8 Å². The smallest absolute Gasteiger partial charge is 0.330 e. The maximum atomic E-state index is 12.2. The van der Waals surface area contributed by atoms with Gasteiger partial charge in [-0.05, 0) is 30.2 Å². The minimum absolute atomic E-state index is 0.0465. The second-order valence-corrected chi connectivity index (χ2v) is 6.70. The zero-order valence-corrected chi connectivity index (χ0v) is 15.7. The fraction of sp³-hybridized carbons (Fsp3) is 0.238. The highest BCUT2D eigenvalue weighted by Gasteiger charge is 2.35. The summed E-state index contributed by atoms with van der Waals surface area (Å²) in [4.78, 5) is 35.2. The molecule has 9 nitrogen and oxygen atoms in total. The number of aliphatic hydroxyl groups excluding tert-OH is 2. The van der Waals surface area contributed by atoms with Crippen LogP contribution in [0.1, 0.15) is 23.9 Å². The Bertz CT molecular complexity index is 1230. The lowest BCUT2D eigenvalue weighted by atomic mass is 10.2. The monoisotopic (exact) mass is 406 g/mol. The van der Waals surface area contributed by atoms with E-state index >= 15 is 0 Å². The third-order valence-corrected chi connectivity index (χ3v) is 4.66.